The van der Waals surface area contributed by atoms with Crippen LogP contribution in [0.4, 0.5) is 5.82 Å². The maximum Gasteiger partial charge on any atom is 0.469 e. The Labute approximate surface area is 159 Å². The lowest BCUT2D eigenvalue weighted by Gasteiger charge is -2.31. The molecule has 1 aliphatic heterocycles. The number of aromatic nitrogens is 4. The Hall–Kier alpha value is -1.92. The third kappa shape index (κ3) is 3.80. The number of anilines is 1. The number of nitrogens with two attached hydrogens (primary N) is 1. The SMILES string of the molecule is CC(C)C=C[C@@]1(n2cnc3c(N)ncnc32)O[C@H](COP(=O)(O)O)[C@@H](O)[C@H]1O. The van der Waals surface area contributed by atoms with Gasteiger partial charge in [0.2, 0.25) is 0 Å². The Kier molecular flexibility index (Phi) is 5.56. The van der Waals surface area contributed by atoms with Crippen molar-refractivity contribution < 1.29 is 33.8 Å². The molecule has 0 aromatic carbocycles. The molecule has 6 N–H and O–H groups in total. The number of imidazole rings is 1. The van der Waals surface area contributed by atoms with Gasteiger partial charge in [-0.1, -0.05) is 19.9 Å². The molecule has 13 heteroatoms. The summed E-state index contributed by atoms with van der Waals surface area (Å²) in [5.74, 6) is 0.200. The first-order chi connectivity index (χ1) is 13.0. The van der Waals surface area contributed by atoms with Crippen molar-refractivity contribution in [3.8, 4) is 0 Å². The molecular weight excluding hydrogens is 393 g/mol. The summed E-state index contributed by atoms with van der Waals surface area (Å²) in [5, 5.41) is 21.3. The largest absolute Gasteiger partial charge is 0.469 e. The average Bonchev–Trinajstić information content (AvgIpc) is 3.14. The van der Waals surface area contributed by atoms with Crippen molar-refractivity contribution in [1.82, 2.24) is 19.5 Å². The maximum absolute atomic E-state index is 11.0. The van der Waals surface area contributed by atoms with Crippen LogP contribution in [0.5, 0.6) is 0 Å². The molecule has 0 aliphatic carbocycles. The van der Waals surface area contributed by atoms with Gasteiger partial charge < -0.3 is 30.5 Å². The Morgan fingerprint density at radius 3 is 2.75 bits per heavy atom. The van der Waals surface area contributed by atoms with Crippen LogP contribution in [-0.2, 0) is 19.6 Å². The highest BCUT2D eigenvalue weighted by atomic mass is 31.2. The molecule has 0 spiro atoms. The van der Waals surface area contributed by atoms with Crippen LogP contribution in [0.2, 0.25) is 0 Å². The monoisotopic (exact) mass is 415 g/mol. The lowest BCUT2D eigenvalue weighted by Crippen LogP contribution is -2.44. The second-order valence-electron chi connectivity index (χ2n) is 6.78. The quantitative estimate of drug-likeness (QED) is 0.302. The number of rotatable bonds is 6. The van der Waals surface area contributed by atoms with Crippen LogP contribution in [-0.4, -0.2) is 64.4 Å². The molecule has 4 atom stereocenters. The molecule has 28 heavy (non-hydrogen) atoms. The molecule has 0 unspecified atom stereocenters. The number of ether oxygens (including phenoxy) is 1. The highest BCUT2D eigenvalue weighted by Gasteiger charge is 2.55. The normalized spacial score (nSPS) is 28.8. The molecule has 3 rings (SSSR count). The van der Waals surface area contributed by atoms with Crippen molar-refractivity contribution in [2.75, 3.05) is 12.3 Å². The van der Waals surface area contributed by atoms with Gasteiger partial charge in [-0.15, -0.1) is 0 Å². The van der Waals surface area contributed by atoms with E-state index in [0.29, 0.717) is 0 Å². The van der Waals surface area contributed by atoms with E-state index >= 15 is 0 Å². The summed E-state index contributed by atoms with van der Waals surface area (Å²) in [6, 6.07) is 0. The molecule has 0 amide bonds. The van der Waals surface area contributed by atoms with Crippen LogP contribution >= 0.6 is 7.82 Å². The summed E-state index contributed by atoms with van der Waals surface area (Å²) in [5.41, 5.74) is 4.69. The van der Waals surface area contributed by atoms with E-state index in [-0.39, 0.29) is 22.9 Å². The predicted octanol–water partition coefficient (Wildman–Crippen LogP) is -0.497. The molecule has 2 aromatic rings. The highest BCUT2D eigenvalue weighted by molar-refractivity contribution is 7.46. The minimum atomic E-state index is -4.79. The molecule has 0 radical (unpaired) electrons. The Balaban J connectivity index is 2.08. The molecule has 2 aromatic heterocycles. The van der Waals surface area contributed by atoms with Crippen molar-refractivity contribution in [3.05, 3.63) is 24.8 Å². The van der Waals surface area contributed by atoms with E-state index in [9.17, 15) is 14.8 Å². The van der Waals surface area contributed by atoms with Crippen molar-refractivity contribution >= 4 is 24.8 Å². The smallest absolute Gasteiger partial charge is 0.387 e. The lowest BCUT2D eigenvalue weighted by molar-refractivity contribution is -0.110. The molecule has 0 bridgehead atoms. The molecular formula is C15H22N5O7P. The van der Waals surface area contributed by atoms with Gasteiger partial charge in [0.25, 0.3) is 0 Å². The predicted molar refractivity (Wildman–Crippen MR) is 96.6 cm³/mol. The number of nitrogen functional groups attached to an aromatic ring is 1. The van der Waals surface area contributed by atoms with Crippen molar-refractivity contribution in [2.45, 2.75) is 37.9 Å². The topological polar surface area (TPSA) is 186 Å². The molecule has 0 saturated carbocycles. The van der Waals surface area contributed by atoms with Gasteiger partial charge in [-0.25, -0.2) is 19.5 Å². The van der Waals surface area contributed by atoms with E-state index in [1.807, 2.05) is 13.8 Å². The van der Waals surface area contributed by atoms with Gasteiger partial charge in [-0.2, -0.15) is 0 Å². The summed E-state index contributed by atoms with van der Waals surface area (Å²) in [6.07, 6.45) is 1.61. The fraction of sp³-hybridized carbons (Fsp3) is 0.533. The van der Waals surface area contributed by atoms with Crippen LogP contribution < -0.4 is 5.73 Å². The van der Waals surface area contributed by atoms with E-state index in [1.54, 1.807) is 12.2 Å². The zero-order chi connectivity index (χ0) is 20.7. The number of aliphatic hydroxyl groups is 2. The minimum absolute atomic E-state index is 0.0738. The van der Waals surface area contributed by atoms with Crippen LogP contribution in [0.3, 0.4) is 0 Å². The van der Waals surface area contributed by atoms with Crippen molar-refractivity contribution in [3.63, 3.8) is 0 Å². The number of phosphoric acid groups is 1. The van der Waals surface area contributed by atoms with Crippen LogP contribution in [0, 0.1) is 5.92 Å². The summed E-state index contributed by atoms with van der Waals surface area (Å²) in [4.78, 5) is 30.0. The minimum Gasteiger partial charge on any atom is -0.387 e. The summed E-state index contributed by atoms with van der Waals surface area (Å²) < 4.78 is 22.7. The average molecular weight is 415 g/mol. The number of phosphoric ester groups is 1. The Bertz CT molecular complexity index is 929. The van der Waals surface area contributed by atoms with E-state index in [4.69, 9.17) is 20.3 Å². The zero-order valence-electron chi connectivity index (χ0n) is 15.2. The fourth-order valence-electron chi connectivity index (χ4n) is 2.99. The lowest BCUT2D eigenvalue weighted by atomic mass is 10.00. The van der Waals surface area contributed by atoms with E-state index < -0.39 is 38.5 Å². The molecule has 1 saturated heterocycles. The second-order valence-corrected chi connectivity index (χ2v) is 8.02. The summed E-state index contributed by atoms with van der Waals surface area (Å²) in [7, 11) is -4.79. The third-order valence-corrected chi connectivity index (χ3v) is 4.82. The standard InChI is InChI=1S/C15H22N5O7P/c1-8(2)3-4-15(20-7-19-10-13(16)17-6-18-14(10)20)12(22)11(21)9(27-15)5-26-28(23,24)25/h3-4,6-9,11-12,21-22H,5H2,1-2H3,(H2,16,17,18)(H2,23,24,25)/t9-,11-,12-,15-/m1/s1. The first-order valence-electron chi connectivity index (χ1n) is 8.42. The van der Waals surface area contributed by atoms with E-state index in [1.165, 1.54) is 17.2 Å². The van der Waals surface area contributed by atoms with Crippen LogP contribution in [0.1, 0.15) is 13.8 Å². The van der Waals surface area contributed by atoms with Crippen molar-refractivity contribution in [1.29, 1.82) is 0 Å². The number of aliphatic hydroxyl groups excluding tert-OH is 2. The second kappa shape index (κ2) is 7.48. The zero-order valence-corrected chi connectivity index (χ0v) is 16.0. The van der Waals surface area contributed by atoms with Gasteiger partial charge in [0.1, 0.15) is 30.2 Å². The molecule has 12 nitrogen and oxygen atoms in total. The van der Waals surface area contributed by atoms with Gasteiger partial charge in [0.05, 0.1) is 12.9 Å². The number of allylic oxidation sites excluding steroid dienone is 1. The summed E-state index contributed by atoms with van der Waals surface area (Å²) >= 11 is 0. The van der Waals surface area contributed by atoms with E-state index in [0.717, 1.165) is 0 Å². The number of hydrogen-bond acceptors (Lipinski definition) is 9. The number of hydrogen-bond donors (Lipinski definition) is 5. The fourth-order valence-corrected chi connectivity index (χ4v) is 3.33. The summed E-state index contributed by atoms with van der Waals surface area (Å²) in [6.45, 7) is 3.18. The van der Waals surface area contributed by atoms with Gasteiger partial charge in [-0.05, 0) is 12.0 Å². The third-order valence-electron chi connectivity index (χ3n) is 4.33. The first kappa shape index (κ1) is 20.8. The van der Waals surface area contributed by atoms with Crippen LogP contribution in [0.15, 0.2) is 24.8 Å². The van der Waals surface area contributed by atoms with Crippen molar-refractivity contribution in [2.24, 2.45) is 5.92 Å². The Morgan fingerprint density at radius 1 is 1.39 bits per heavy atom. The van der Waals surface area contributed by atoms with Gasteiger partial charge in [0, 0.05) is 0 Å². The molecule has 3 heterocycles. The maximum atomic E-state index is 11.0. The highest BCUT2D eigenvalue weighted by Crippen LogP contribution is 2.42. The molecule has 1 aliphatic rings. The van der Waals surface area contributed by atoms with E-state index in [2.05, 4.69) is 19.5 Å². The first-order valence-corrected chi connectivity index (χ1v) is 9.95. The molecule has 1 fully saturated rings. The van der Waals surface area contributed by atoms with Gasteiger partial charge in [-0.3, -0.25) is 9.09 Å². The Morgan fingerprint density at radius 2 is 2.11 bits per heavy atom. The number of nitrogens with zero attached hydrogens (tertiary/aromatic N) is 4. The van der Waals surface area contributed by atoms with Crippen LogP contribution in [0.25, 0.3) is 11.2 Å². The van der Waals surface area contributed by atoms with Gasteiger partial charge >= 0.3 is 7.82 Å². The van der Waals surface area contributed by atoms with Gasteiger partial charge in [0.15, 0.2) is 17.2 Å². The molecule has 154 valence electrons. The number of fused-ring (bicyclic) bond motifs is 1.